The number of carbonyl (C=O) groups is 1. The lowest BCUT2D eigenvalue weighted by atomic mass is 10.2. The van der Waals surface area contributed by atoms with E-state index in [0.717, 1.165) is 27.0 Å². The van der Waals surface area contributed by atoms with Crippen molar-refractivity contribution in [1.29, 1.82) is 0 Å². The van der Waals surface area contributed by atoms with Gasteiger partial charge < -0.3 is 10.1 Å². The minimum atomic E-state index is -0.121. The van der Waals surface area contributed by atoms with Crippen LogP contribution in [0.15, 0.2) is 82.9 Å². The average Bonchev–Trinajstić information content (AvgIpc) is 3.38. The normalized spacial score (nSPS) is 10.7. The van der Waals surface area contributed by atoms with Crippen LogP contribution in [0.4, 0.5) is 5.69 Å². The van der Waals surface area contributed by atoms with Crippen LogP contribution < -0.4 is 10.1 Å². The second-order valence-electron chi connectivity index (χ2n) is 6.43. The number of hydrogen-bond acceptors (Lipinski definition) is 4. The number of nitrogens with zero attached hydrogens (tertiary/aromatic N) is 2. The molecule has 1 amide bonds. The first-order chi connectivity index (χ1) is 14.2. The van der Waals surface area contributed by atoms with E-state index in [-0.39, 0.29) is 5.91 Å². The van der Waals surface area contributed by atoms with Gasteiger partial charge in [0.1, 0.15) is 12.4 Å². The van der Waals surface area contributed by atoms with Crippen LogP contribution in [0.3, 0.4) is 0 Å². The minimum Gasteiger partial charge on any atom is -0.489 e. The molecule has 0 saturated heterocycles. The number of rotatable bonds is 7. The van der Waals surface area contributed by atoms with E-state index in [0.29, 0.717) is 18.0 Å². The Hall–Kier alpha value is -2.90. The van der Waals surface area contributed by atoms with Crippen LogP contribution in [0.25, 0.3) is 0 Å². The summed E-state index contributed by atoms with van der Waals surface area (Å²) in [6.45, 7) is 1.11. The van der Waals surface area contributed by atoms with Gasteiger partial charge in [0.25, 0.3) is 5.91 Å². The summed E-state index contributed by atoms with van der Waals surface area (Å²) in [5, 5.41) is 9.14. The molecule has 4 aromatic rings. The van der Waals surface area contributed by atoms with E-state index in [1.807, 2.05) is 76.9 Å². The van der Waals surface area contributed by atoms with Gasteiger partial charge in [-0.2, -0.15) is 5.10 Å². The van der Waals surface area contributed by atoms with Crippen LogP contribution in [0.2, 0.25) is 0 Å². The summed E-state index contributed by atoms with van der Waals surface area (Å²) in [6, 6.07) is 19.3. The minimum absolute atomic E-state index is 0.121. The molecule has 0 atom stereocenters. The molecule has 0 bridgehead atoms. The fourth-order valence-electron chi connectivity index (χ4n) is 2.75. The maximum Gasteiger partial charge on any atom is 0.265 e. The predicted molar refractivity (Wildman–Crippen MR) is 119 cm³/mol. The topological polar surface area (TPSA) is 56.2 Å². The number of thiophene rings is 1. The monoisotopic (exact) mass is 467 g/mol. The standard InChI is InChI=1S/C22H18BrN3O2S/c23-18-11-24-26(13-18)12-16-6-8-19(9-7-16)25-22(27)21-10-17(15-29-21)14-28-20-4-2-1-3-5-20/h1-11,13,15H,12,14H2,(H,25,27). The number of carbonyl (C=O) groups excluding carboxylic acids is 1. The number of ether oxygens (including phenoxy) is 1. The molecule has 0 fully saturated rings. The lowest BCUT2D eigenvalue weighted by molar-refractivity contribution is 0.103. The van der Waals surface area contributed by atoms with Crippen LogP contribution >= 0.6 is 27.3 Å². The van der Waals surface area contributed by atoms with Gasteiger partial charge in [0.05, 0.1) is 22.1 Å². The van der Waals surface area contributed by atoms with Crippen molar-refractivity contribution < 1.29 is 9.53 Å². The lowest BCUT2D eigenvalue weighted by Gasteiger charge is -2.06. The van der Waals surface area contributed by atoms with E-state index >= 15 is 0 Å². The van der Waals surface area contributed by atoms with E-state index in [9.17, 15) is 4.79 Å². The molecule has 0 spiro atoms. The van der Waals surface area contributed by atoms with E-state index in [4.69, 9.17) is 4.74 Å². The Bertz CT molecular complexity index is 1090. The zero-order valence-corrected chi connectivity index (χ0v) is 17.8. The molecule has 1 N–H and O–H groups in total. The molecule has 2 aromatic heterocycles. The Labute approximate surface area is 181 Å². The summed E-state index contributed by atoms with van der Waals surface area (Å²) in [4.78, 5) is 13.2. The smallest absolute Gasteiger partial charge is 0.265 e. The molecule has 0 aliphatic rings. The van der Waals surface area contributed by atoms with Gasteiger partial charge in [-0.05, 0) is 57.2 Å². The van der Waals surface area contributed by atoms with Crippen molar-refractivity contribution in [2.45, 2.75) is 13.2 Å². The molecule has 2 aromatic carbocycles. The second-order valence-corrected chi connectivity index (χ2v) is 8.26. The summed E-state index contributed by atoms with van der Waals surface area (Å²) >= 11 is 4.80. The fourth-order valence-corrected chi connectivity index (χ4v) is 3.87. The molecular formula is C22H18BrN3O2S. The highest BCUT2D eigenvalue weighted by Gasteiger charge is 2.10. The molecule has 0 saturated carbocycles. The van der Waals surface area contributed by atoms with Gasteiger partial charge in [0.15, 0.2) is 0 Å². The summed E-state index contributed by atoms with van der Waals surface area (Å²) in [5.74, 6) is 0.692. The number of para-hydroxylation sites is 1. The van der Waals surface area contributed by atoms with Crippen LogP contribution in [-0.4, -0.2) is 15.7 Å². The highest BCUT2D eigenvalue weighted by atomic mass is 79.9. The third kappa shape index (κ3) is 5.34. The number of hydrogen-bond donors (Lipinski definition) is 1. The van der Waals surface area contributed by atoms with Gasteiger partial charge in [0, 0.05) is 17.4 Å². The Morgan fingerprint density at radius 2 is 1.90 bits per heavy atom. The van der Waals surface area contributed by atoms with Crippen LogP contribution in [0.1, 0.15) is 20.8 Å². The van der Waals surface area contributed by atoms with Crippen LogP contribution in [-0.2, 0) is 13.2 Å². The Balaban J connectivity index is 1.32. The molecule has 29 heavy (non-hydrogen) atoms. The van der Waals surface area contributed by atoms with Gasteiger partial charge >= 0.3 is 0 Å². The van der Waals surface area contributed by atoms with Gasteiger partial charge in [-0.25, -0.2) is 0 Å². The van der Waals surface area contributed by atoms with Crippen molar-refractivity contribution in [2.24, 2.45) is 0 Å². The number of anilines is 1. The van der Waals surface area contributed by atoms with Crippen molar-refractivity contribution in [3.8, 4) is 5.75 Å². The molecule has 146 valence electrons. The number of benzene rings is 2. The van der Waals surface area contributed by atoms with E-state index < -0.39 is 0 Å². The summed E-state index contributed by atoms with van der Waals surface area (Å²) in [5.41, 5.74) is 2.84. The average molecular weight is 468 g/mol. The zero-order chi connectivity index (χ0) is 20.1. The number of amides is 1. The number of aromatic nitrogens is 2. The van der Waals surface area contributed by atoms with Crippen molar-refractivity contribution in [3.63, 3.8) is 0 Å². The van der Waals surface area contributed by atoms with Crippen molar-refractivity contribution in [3.05, 3.63) is 98.9 Å². The van der Waals surface area contributed by atoms with Crippen LogP contribution in [0.5, 0.6) is 5.75 Å². The molecule has 0 radical (unpaired) electrons. The van der Waals surface area contributed by atoms with Crippen molar-refractivity contribution in [1.82, 2.24) is 9.78 Å². The molecule has 0 aliphatic carbocycles. The maximum absolute atomic E-state index is 12.5. The molecule has 0 aliphatic heterocycles. The van der Waals surface area contributed by atoms with E-state index in [2.05, 4.69) is 26.3 Å². The molecular weight excluding hydrogens is 450 g/mol. The lowest BCUT2D eigenvalue weighted by Crippen LogP contribution is -2.10. The van der Waals surface area contributed by atoms with Gasteiger partial charge in [-0.1, -0.05) is 30.3 Å². The summed E-state index contributed by atoms with van der Waals surface area (Å²) in [6.07, 6.45) is 3.68. The SMILES string of the molecule is O=C(Nc1ccc(Cn2cc(Br)cn2)cc1)c1cc(COc2ccccc2)cs1. The third-order valence-electron chi connectivity index (χ3n) is 4.18. The quantitative estimate of drug-likeness (QED) is 0.385. The largest absolute Gasteiger partial charge is 0.489 e. The first kappa shape index (κ1) is 19.4. The molecule has 5 nitrogen and oxygen atoms in total. The van der Waals surface area contributed by atoms with Crippen molar-refractivity contribution >= 4 is 38.9 Å². The predicted octanol–water partition coefficient (Wildman–Crippen LogP) is 5.59. The third-order valence-corrected chi connectivity index (χ3v) is 5.57. The molecule has 7 heteroatoms. The Morgan fingerprint density at radius 1 is 1.10 bits per heavy atom. The van der Waals surface area contributed by atoms with E-state index in [1.54, 1.807) is 6.20 Å². The molecule has 4 rings (SSSR count). The summed E-state index contributed by atoms with van der Waals surface area (Å²) < 4.78 is 8.53. The van der Waals surface area contributed by atoms with Gasteiger partial charge in [-0.15, -0.1) is 11.3 Å². The Morgan fingerprint density at radius 3 is 2.62 bits per heavy atom. The fraction of sp³-hybridized carbons (Fsp3) is 0.0909. The van der Waals surface area contributed by atoms with Gasteiger partial charge in [0.2, 0.25) is 0 Å². The molecule has 0 unspecified atom stereocenters. The first-order valence-corrected chi connectivity index (χ1v) is 10.7. The zero-order valence-electron chi connectivity index (χ0n) is 15.4. The second kappa shape index (κ2) is 9.07. The van der Waals surface area contributed by atoms with Crippen LogP contribution in [0, 0.1) is 0 Å². The molecule has 2 heterocycles. The highest BCUT2D eigenvalue weighted by Crippen LogP contribution is 2.20. The van der Waals surface area contributed by atoms with Crippen molar-refractivity contribution in [2.75, 3.05) is 5.32 Å². The number of halogens is 1. The Kier molecular flexibility index (Phi) is 6.07. The highest BCUT2D eigenvalue weighted by molar-refractivity contribution is 9.10. The van der Waals surface area contributed by atoms with Gasteiger partial charge in [-0.3, -0.25) is 9.48 Å². The maximum atomic E-state index is 12.5. The number of nitrogens with one attached hydrogen (secondary N) is 1. The van der Waals surface area contributed by atoms with E-state index in [1.165, 1.54) is 11.3 Å². The summed E-state index contributed by atoms with van der Waals surface area (Å²) in [7, 11) is 0. The first-order valence-electron chi connectivity index (χ1n) is 8.99.